The topological polar surface area (TPSA) is 111 Å². The van der Waals surface area contributed by atoms with Crippen molar-refractivity contribution in [1.82, 2.24) is 10.6 Å². The number of carbonyl (C=O) groups excluding carboxylic acids is 3. The van der Waals surface area contributed by atoms with Crippen molar-refractivity contribution >= 4 is 35.0 Å². The molecule has 0 saturated heterocycles. The van der Waals surface area contributed by atoms with Gasteiger partial charge in [0.2, 0.25) is 5.91 Å². The highest BCUT2D eigenvalue weighted by Crippen LogP contribution is 2.14. The molecule has 0 atom stereocenters. The average Bonchev–Trinajstić information content (AvgIpc) is 2.79. The molecule has 0 aromatic heterocycles. The fraction of sp³-hybridized carbons (Fsp3) is 0.0870. The molecule has 0 bridgehead atoms. The lowest BCUT2D eigenvalue weighted by atomic mass is 10.2. The highest BCUT2D eigenvalue weighted by Gasteiger charge is 2.07. The van der Waals surface area contributed by atoms with E-state index in [1.807, 2.05) is 18.2 Å². The maximum Gasteiger partial charge on any atom is 0.323 e. The molecule has 0 radical (unpaired) electrons. The summed E-state index contributed by atoms with van der Waals surface area (Å²) in [6, 6.07) is 20.4. The van der Waals surface area contributed by atoms with Crippen LogP contribution in [0.5, 0.6) is 0 Å². The van der Waals surface area contributed by atoms with Crippen LogP contribution in [0, 0.1) is 5.82 Å². The standard InChI is InChI=1S/C23H22FN5O3/c24-17-8-6-16(7-9-17)14-25-22(31)26-15-21(30)27-19-10-12-20(13-11-19)29-23(32)28-18-4-2-1-3-5-18/h1-13H,14-15H2,(H,27,30)(H2,25,26,31)(H2,28,29,32). The first-order valence-electron chi connectivity index (χ1n) is 9.77. The van der Waals surface area contributed by atoms with Crippen molar-refractivity contribution in [2.24, 2.45) is 0 Å². The van der Waals surface area contributed by atoms with Gasteiger partial charge in [-0.3, -0.25) is 4.79 Å². The lowest BCUT2D eigenvalue weighted by molar-refractivity contribution is -0.115. The Morgan fingerprint density at radius 3 is 1.81 bits per heavy atom. The highest BCUT2D eigenvalue weighted by atomic mass is 19.1. The summed E-state index contributed by atoms with van der Waals surface area (Å²) in [7, 11) is 0. The minimum absolute atomic E-state index is 0.208. The molecule has 8 nitrogen and oxygen atoms in total. The van der Waals surface area contributed by atoms with Crippen molar-refractivity contribution in [1.29, 1.82) is 0 Å². The summed E-state index contributed by atoms with van der Waals surface area (Å²) >= 11 is 0. The Hall–Kier alpha value is -4.40. The van der Waals surface area contributed by atoms with E-state index in [0.29, 0.717) is 17.1 Å². The molecule has 32 heavy (non-hydrogen) atoms. The second kappa shape index (κ2) is 11.1. The summed E-state index contributed by atoms with van der Waals surface area (Å²) in [5.41, 5.74) is 2.47. The van der Waals surface area contributed by atoms with Gasteiger partial charge in [-0.15, -0.1) is 0 Å². The molecule has 5 N–H and O–H groups in total. The van der Waals surface area contributed by atoms with Crippen LogP contribution in [0.1, 0.15) is 5.56 Å². The summed E-state index contributed by atoms with van der Waals surface area (Å²) in [6.45, 7) is -0.0191. The van der Waals surface area contributed by atoms with Crippen molar-refractivity contribution in [2.75, 3.05) is 22.5 Å². The smallest absolute Gasteiger partial charge is 0.323 e. The summed E-state index contributed by atoms with van der Waals surface area (Å²) in [4.78, 5) is 35.8. The van der Waals surface area contributed by atoms with E-state index in [1.54, 1.807) is 48.5 Å². The average molecular weight is 435 g/mol. The summed E-state index contributed by atoms with van der Waals surface area (Å²) in [5, 5.41) is 13.1. The fourth-order valence-electron chi connectivity index (χ4n) is 2.66. The first-order valence-corrected chi connectivity index (χ1v) is 9.77. The SMILES string of the molecule is O=C(CNC(=O)NCc1ccc(F)cc1)Nc1ccc(NC(=O)Nc2ccccc2)cc1. The largest absolute Gasteiger partial charge is 0.334 e. The van der Waals surface area contributed by atoms with Crippen LogP contribution in [-0.2, 0) is 11.3 Å². The van der Waals surface area contributed by atoms with Gasteiger partial charge in [-0.1, -0.05) is 30.3 Å². The van der Waals surface area contributed by atoms with Crippen LogP contribution in [-0.4, -0.2) is 24.5 Å². The second-order valence-electron chi connectivity index (χ2n) is 6.73. The van der Waals surface area contributed by atoms with Crippen LogP contribution < -0.4 is 26.6 Å². The van der Waals surface area contributed by atoms with Crippen molar-refractivity contribution in [2.45, 2.75) is 6.54 Å². The molecule has 0 saturated carbocycles. The van der Waals surface area contributed by atoms with E-state index >= 15 is 0 Å². The molecule has 0 aliphatic heterocycles. The van der Waals surface area contributed by atoms with Crippen LogP contribution in [0.4, 0.5) is 31.0 Å². The van der Waals surface area contributed by atoms with Crippen molar-refractivity contribution in [3.05, 3.63) is 90.2 Å². The monoisotopic (exact) mass is 435 g/mol. The number of anilines is 3. The number of halogens is 1. The molecule has 0 heterocycles. The molecule has 3 aromatic rings. The van der Waals surface area contributed by atoms with Crippen molar-refractivity contribution in [3.8, 4) is 0 Å². The summed E-state index contributed by atoms with van der Waals surface area (Å²) < 4.78 is 12.9. The molecule has 3 aromatic carbocycles. The number of nitrogens with one attached hydrogen (secondary N) is 5. The fourth-order valence-corrected chi connectivity index (χ4v) is 2.66. The van der Waals surface area contributed by atoms with Gasteiger partial charge >= 0.3 is 12.1 Å². The number of amides is 5. The number of urea groups is 2. The maximum atomic E-state index is 12.9. The van der Waals surface area contributed by atoms with Crippen molar-refractivity contribution in [3.63, 3.8) is 0 Å². The summed E-state index contributed by atoms with van der Waals surface area (Å²) in [5.74, 6) is -0.765. The zero-order valence-corrected chi connectivity index (χ0v) is 17.0. The van der Waals surface area contributed by atoms with Crippen LogP contribution in [0.3, 0.4) is 0 Å². The Balaban J connectivity index is 1.37. The molecule has 0 aliphatic carbocycles. The minimum atomic E-state index is -0.520. The molecular weight excluding hydrogens is 413 g/mol. The van der Waals surface area contributed by atoms with E-state index in [1.165, 1.54) is 12.1 Å². The second-order valence-corrected chi connectivity index (χ2v) is 6.73. The van der Waals surface area contributed by atoms with Gasteiger partial charge in [0, 0.05) is 23.6 Å². The highest BCUT2D eigenvalue weighted by molar-refractivity contribution is 6.00. The maximum absolute atomic E-state index is 12.9. The third kappa shape index (κ3) is 7.45. The van der Waals surface area contributed by atoms with Crippen LogP contribution >= 0.6 is 0 Å². The molecule has 0 spiro atoms. The van der Waals surface area contributed by atoms with Crippen molar-refractivity contribution < 1.29 is 18.8 Å². The Morgan fingerprint density at radius 1 is 0.625 bits per heavy atom. The van der Waals surface area contributed by atoms with Gasteiger partial charge in [-0.25, -0.2) is 14.0 Å². The van der Waals surface area contributed by atoms with E-state index in [9.17, 15) is 18.8 Å². The normalized spacial score (nSPS) is 10.0. The molecule has 0 unspecified atom stereocenters. The predicted molar refractivity (Wildman–Crippen MR) is 121 cm³/mol. The molecule has 0 aliphatic rings. The van der Waals surface area contributed by atoms with Gasteiger partial charge < -0.3 is 26.6 Å². The molecule has 164 valence electrons. The minimum Gasteiger partial charge on any atom is -0.334 e. The number of carbonyl (C=O) groups is 3. The van der Waals surface area contributed by atoms with Gasteiger partial charge in [0.05, 0.1) is 6.54 Å². The number of hydrogen-bond donors (Lipinski definition) is 5. The van der Waals surface area contributed by atoms with E-state index in [2.05, 4.69) is 26.6 Å². The zero-order valence-electron chi connectivity index (χ0n) is 17.0. The number of hydrogen-bond acceptors (Lipinski definition) is 3. The Kier molecular flexibility index (Phi) is 7.74. The van der Waals surface area contributed by atoms with E-state index in [-0.39, 0.29) is 24.9 Å². The van der Waals surface area contributed by atoms with Crippen LogP contribution in [0.2, 0.25) is 0 Å². The van der Waals surface area contributed by atoms with Crippen LogP contribution in [0.15, 0.2) is 78.9 Å². The Bertz CT molecular complexity index is 1060. The van der Waals surface area contributed by atoms with Gasteiger partial charge in [0.25, 0.3) is 0 Å². The summed E-state index contributed by atoms with van der Waals surface area (Å²) in [6.07, 6.45) is 0. The van der Waals surface area contributed by atoms with E-state index in [0.717, 1.165) is 5.56 Å². The number of rotatable bonds is 7. The first-order chi connectivity index (χ1) is 15.5. The van der Waals surface area contributed by atoms with E-state index < -0.39 is 11.9 Å². The molecule has 3 rings (SSSR count). The third-order valence-electron chi connectivity index (χ3n) is 4.23. The Labute approximate surface area is 184 Å². The van der Waals surface area contributed by atoms with E-state index in [4.69, 9.17) is 0 Å². The lowest BCUT2D eigenvalue weighted by Gasteiger charge is -2.10. The molecule has 9 heteroatoms. The predicted octanol–water partition coefficient (Wildman–Crippen LogP) is 3.91. The molecule has 0 fully saturated rings. The first kappa shape index (κ1) is 22.3. The Morgan fingerprint density at radius 2 is 1.19 bits per heavy atom. The third-order valence-corrected chi connectivity index (χ3v) is 4.23. The lowest BCUT2D eigenvalue weighted by Crippen LogP contribution is -2.39. The zero-order chi connectivity index (χ0) is 22.8. The van der Waals surface area contributed by atoms with Gasteiger partial charge in [0.15, 0.2) is 0 Å². The quantitative estimate of drug-likeness (QED) is 0.388. The molecule has 5 amide bonds. The van der Waals surface area contributed by atoms with Gasteiger partial charge in [-0.2, -0.15) is 0 Å². The number of benzene rings is 3. The van der Waals surface area contributed by atoms with Gasteiger partial charge in [-0.05, 0) is 54.1 Å². The van der Waals surface area contributed by atoms with Gasteiger partial charge in [0.1, 0.15) is 5.82 Å². The number of para-hydroxylation sites is 1. The molecular formula is C23H22FN5O3. The van der Waals surface area contributed by atoms with Crippen LogP contribution in [0.25, 0.3) is 0 Å².